The maximum absolute atomic E-state index is 6.69. The Morgan fingerprint density at radius 3 is 1.98 bits per heavy atom. The number of fused-ring (bicyclic) bond motifs is 8. The highest BCUT2D eigenvalue weighted by atomic mass is 32.1. The van der Waals surface area contributed by atoms with Crippen LogP contribution in [-0.4, -0.2) is 0 Å². The first-order valence-electron chi connectivity index (χ1n) is 16.6. The number of para-hydroxylation sites is 1. The second-order valence-electron chi connectivity index (χ2n) is 12.5. The molecule has 0 saturated carbocycles. The van der Waals surface area contributed by atoms with Gasteiger partial charge in [-0.1, -0.05) is 127 Å². The molecule has 0 aliphatic rings. The van der Waals surface area contributed by atoms with E-state index < -0.39 is 0 Å². The number of thiophene rings is 1. The third-order valence-electron chi connectivity index (χ3n) is 9.68. The lowest BCUT2D eigenvalue weighted by Gasteiger charge is -2.29. The van der Waals surface area contributed by atoms with Gasteiger partial charge in [0.2, 0.25) is 0 Å². The van der Waals surface area contributed by atoms with Crippen molar-refractivity contribution < 1.29 is 4.42 Å². The minimum Gasteiger partial charge on any atom is -0.455 e. The summed E-state index contributed by atoms with van der Waals surface area (Å²) in [6, 6.07) is 63.1. The fourth-order valence-corrected chi connectivity index (χ4v) is 8.59. The SMILES string of the molecule is c1ccc(-c2ccc(N(c3ccccc3-c3cccc4sc5ccccc5c34)c3cccc4oc5c6ccccc6ccc5c34)cc2)cc1. The highest BCUT2D eigenvalue weighted by Gasteiger charge is 2.23. The molecule has 0 fully saturated rings. The van der Waals surface area contributed by atoms with E-state index >= 15 is 0 Å². The molecule has 0 atom stereocenters. The van der Waals surface area contributed by atoms with E-state index in [0.717, 1.165) is 44.4 Å². The molecule has 0 saturated heterocycles. The molecule has 2 nitrogen and oxygen atoms in total. The number of furan rings is 1. The average Bonchev–Trinajstić information content (AvgIpc) is 3.75. The minimum absolute atomic E-state index is 0.873. The van der Waals surface area contributed by atoms with Crippen molar-refractivity contribution in [3.63, 3.8) is 0 Å². The highest BCUT2D eigenvalue weighted by Crippen LogP contribution is 2.49. The van der Waals surface area contributed by atoms with E-state index in [1.807, 2.05) is 11.3 Å². The van der Waals surface area contributed by atoms with Crippen molar-refractivity contribution >= 4 is 81.3 Å². The summed E-state index contributed by atoms with van der Waals surface area (Å²) in [6.07, 6.45) is 0. The molecule has 0 aliphatic carbocycles. The molecule has 0 amide bonds. The van der Waals surface area contributed by atoms with Crippen LogP contribution < -0.4 is 4.90 Å². The van der Waals surface area contributed by atoms with Crippen molar-refractivity contribution in [3.8, 4) is 22.3 Å². The van der Waals surface area contributed by atoms with Crippen molar-refractivity contribution in [1.82, 2.24) is 0 Å². The maximum atomic E-state index is 6.69. The lowest BCUT2D eigenvalue weighted by Crippen LogP contribution is -2.11. The van der Waals surface area contributed by atoms with E-state index in [0.29, 0.717) is 0 Å². The quantitative estimate of drug-likeness (QED) is 0.186. The van der Waals surface area contributed by atoms with Gasteiger partial charge in [-0.2, -0.15) is 0 Å². The van der Waals surface area contributed by atoms with Crippen LogP contribution in [-0.2, 0) is 0 Å². The monoisotopic (exact) mass is 643 g/mol. The van der Waals surface area contributed by atoms with Gasteiger partial charge in [0.05, 0.1) is 16.8 Å². The van der Waals surface area contributed by atoms with Crippen molar-refractivity contribution in [1.29, 1.82) is 0 Å². The predicted octanol–water partition coefficient (Wildman–Crippen LogP) is 13.9. The first kappa shape index (κ1) is 27.9. The molecule has 0 N–H and O–H groups in total. The van der Waals surface area contributed by atoms with Crippen molar-refractivity contribution in [2.24, 2.45) is 0 Å². The molecule has 0 unspecified atom stereocenters. The van der Waals surface area contributed by atoms with Gasteiger partial charge >= 0.3 is 0 Å². The normalized spacial score (nSPS) is 11.7. The van der Waals surface area contributed by atoms with Gasteiger partial charge in [0.1, 0.15) is 11.2 Å². The first-order valence-corrected chi connectivity index (χ1v) is 17.4. The highest BCUT2D eigenvalue weighted by molar-refractivity contribution is 7.25. The Hall–Kier alpha value is -6.16. The summed E-state index contributed by atoms with van der Waals surface area (Å²) in [6.45, 7) is 0. The maximum Gasteiger partial charge on any atom is 0.143 e. The zero-order valence-corrected chi connectivity index (χ0v) is 27.3. The van der Waals surface area contributed by atoms with Crippen molar-refractivity contribution in [2.45, 2.75) is 0 Å². The van der Waals surface area contributed by atoms with E-state index in [1.165, 1.54) is 47.8 Å². The molecule has 8 aromatic carbocycles. The topological polar surface area (TPSA) is 16.4 Å². The van der Waals surface area contributed by atoms with Crippen molar-refractivity contribution in [2.75, 3.05) is 4.90 Å². The lowest BCUT2D eigenvalue weighted by atomic mass is 9.96. The Morgan fingerprint density at radius 2 is 1.08 bits per heavy atom. The molecule has 0 aliphatic heterocycles. The molecular weight excluding hydrogens is 615 g/mol. The van der Waals surface area contributed by atoms with E-state index in [1.54, 1.807) is 0 Å². The van der Waals surface area contributed by atoms with Crippen LogP contribution in [0.15, 0.2) is 180 Å². The van der Waals surface area contributed by atoms with Crippen LogP contribution in [0.1, 0.15) is 0 Å². The summed E-state index contributed by atoms with van der Waals surface area (Å²) in [5.41, 5.74) is 9.86. The minimum atomic E-state index is 0.873. The Kier molecular flexibility index (Phi) is 6.39. The van der Waals surface area contributed by atoms with Crippen LogP contribution >= 0.6 is 11.3 Å². The fraction of sp³-hybridized carbons (Fsp3) is 0. The van der Waals surface area contributed by atoms with Gasteiger partial charge < -0.3 is 9.32 Å². The summed E-state index contributed by atoms with van der Waals surface area (Å²) >= 11 is 1.86. The second-order valence-corrected chi connectivity index (χ2v) is 13.5. The Labute approximate surface area is 287 Å². The zero-order chi connectivity index (χ0) is 32.3. The number of benzene rings is 8. The standard InChI is InChI=1S/C46H29NOS/c1-2-12-30(13-3-1)31-24-27-33(28-25-31)47(40-20-11-21-41-45(40)38-29-26-32-14-4-5-15-34(32)46(38)48-41)39-19-8-6-16-35(39)36-18-10-23-43-44(36)37-17-7-9-22-42(37)49-43/h1-29H. The molecule has 0 spiro atoms. The smallest absolute Gasteiger partial charge is 0.143 e. The van der Waals surface area contributed by atoms with Gasteiger partial charge in [-0.3, -0.25) is 0 Å². The average molecular weight is 644 g/mol. The third kappa shape index (κ3) is 4.47. The molecule has 0 bridgehead atoms. The summed E-state index contributed by atoms with van der Waals surface area (Å²) in [7, 11) is 0. The number of rotatable bonds is 5. The van der Waals surface area contributed by atoms with Crippen molar-refractivity contribution in [3.05, 3.63) is 176 Å². The van der Waals surface area contributed by atoms with Crippen LogP contribution in [0, 0.1) is 0 Å². The molecule has 2 heterocycles. The zero-order valence-electron chi connectivity index (χ0n) is 26.5. The Bertz CT molecular complexity index is 2830. The number of anilines is 3. The van der Waals surface area contributed by atoms with E-state index in [4.69, 9.17) is 4.42 Å². The Balaban J connectivity index is 1.26. The van der Waals surface area contributed by atoms with E-state index in [2.05, 4.69) is 181 Å². The van der Waals surface area contributed by atoms with Crippen LogP contribution in [0.4, 0.5) is 17.1 Å². The van der Waals surface area contributed by atoms with Crippen LogP contribution in [0.25, 0.3) is 75.1 Å². The predicted molar refractivity (Wildman–Crippen MR) is 210 cm³/mol. The molecule has 49 heavy (non-hydrogen) atoms. The van der Waals surface area contributed by atoms with Gasteiger partial charge in [-0.15, -0.1) is 11.3 Å². The summed E-state index contributed by atoms with van der Waals surface area (Å²) in [4.78, 5) is 2.42. The van der Waals surface area contributed by atoms with Crippen LogP contribution in [0.3, 0.4) is 0 Å². The summed E-state index contributed by atoms with van der Waals surface area (Å²) in [5.74, 6) is 0. The van der Waals surface area contributed by atoms with Gasteiger partial charge in [0.25, 0.3) is 0 Å². The lowest BCUT2D eigenvalue weighted by molar-refractivity contribution is 0.672. The summed E-state index contributed by atoms with van der Waals surface area (Å²) < 4.78 is 9.29. The number of hydrogen-bond acceptors (Lipinski definition) is 3. The molecule has 10 aromatic rings. The largest absolute Gasteiger partial charge is 0.455 e. The van der Waals surface area contributed by atoms with E-state index in [-0.39, 0.29) is 0 Å². The van der Waals surface area contributed by atoms with Crippen LogP contribution in [0.2, 0.25) is 0 Å². The fourth-order valence-electron chi connectivity index (χ4n) is 7.46. The molecule has 3 heteroatoms. The second kappa shape index (κ2) is 11.2. The molecule has 10 rings (SSSR count). The first-order chi connectivity index (χ1) is 24.3. The Morgan fingerprint density at radius 1 is 0.408 bits per heavy atom. The molecule has 230 valence electrons. The molecular formula is C46H29NOS. The van der Waals surface area contributed by atoms with E-state index in [9.17, 15) is 0 Å². The third-order valence-corrected chi connectivity index (χ3v) is 10.8. The van der Waals surface area contributed by atoms with Gasteiger partial charge in [0.15, 0.2) is 0 Å². The summed E-state index contributed by atoms with van der Waals surface area (Å²) in [5, 5.41) is 7.10. The van der Waals surface area contributed by atoms with Gasteiger partial charge in [-0.25, -0.2) is 0 Å². The van der Waals surface area contributed by atoms with Crippen LogP contribution in [0.5, 0.6) is 0 Å². The number of nitrogens with zero attached hydrogens (tertiary/aromatic N) is 1. The molecule has 2 aromatic heterocycles. The van der Waals surface area contributed by atoms with Gasteiger partial charge in [0, 0.05) is 42.2 Å². The molecule has 0 radical (unpaired) electrons. The van der Waals surface area contributed by atoms with Gasteiger partial charge in [-0.05, 0) is 70.6 Å². The number of hydrogen-bond donors (Lipinski definition) is 0.